The summed E-state index contributed by atoms with van der Waals surface area (Å²) >= 11 is 0. The average Bonchev–Trinajstić information content (AvgIpc) is 2.84. The SMILES string of the molecule is CC(=O)CC(=O)NCc1nc(-c2cccc(C)c2)no1. The number of rotatable bonds is 5. The monoisotopic (exact) mass is 273 g/mol. The molecule has 2 rings (SSSR count). The van der Waals surface area contributed by atoms with Gasteiger partial charge in [0, 0.05) is 5.56 Å². The van der Waals surface area contributed by atoms with Gasteiger partial charge in [0.25, 0.3) is 0 Å². The lowest BCUT2D eigenvalue weighted by Crippen LogP contribution is -2.24. The molecule has 0 saturated heterocycles. The van der Waals surface area contributed by atoms with Crippen LogP contribution in [0.4, 0.5) is 0 Å². The summed E-state index contributed by atoms with van der Waals surface area (Å²) in [5.74, 6) is 0.240. The third-order valence-corrected chi connectivity index (χ3v) is 2.59. The van der Waals surface area contributed by atoms with Crippen molar-refractivity contribution in [2.45, 2.75) is 26.8 Å². The molecule has 6 nitrogen and oxygen atoms in total. The van der Waals surface area contributed by atoms with Gasteiger partial charge in [-0.3, -0.25) is 9.59 Å². The first-order chi connectivity index (χ1) is 9.54. The van der Waals surface area contributed by atoms with Crippen LogP contribution in [0, 0.1) is 6.92 Å². The first-order valence-corrected chi connectivity index (χ1v) is 6.20. The highest BCUT2D eigenvalue weighted by Crippen LogP contribution is 2.16. The van der Waals surface area contributed by atoms with Crippen LogP contribution in [-0.2, 0) is 16.1 Å². The normalized spacial score (nSPS) is 10.3. The van der Waals surface area contributed by atoms with Crippen molar-refractivity contribution in [3.8, 4) is 11.4 Å². The Kier molecular flexibility index (Phi) is 4.24. The molecule has 0 atom stereocenters. The lowest BCUT2D eigenvalue weighted by atomic mass is 10.1. The molecule has 104 valence electrons. The Morgan fingerprint density at radius 1 is 1.35 bits per heavy atom. The van der Waals surface area contributed by atoms with E-state index in [2.05, 4.69) is 15.5 Å². The van der Waals surface area contributed by atoms with Crippen LogP contribution in [-0.4, -0.2) is 21.8 Å². The molecule has 0 bridgehead atoms. The second kappa shape index (κ2) is 6.10. The minimum Gasteiger partial charge on any atom is -0.347 e. The highest BCUT2D eigenvalue weighted by molar-refractivity contribution is 5.96. The van der Waals surface area contributed by atoms with Crippen LogP contribution in [0.5, 0.6) is 0 Å². The predicted octanol–water partition coefficient (Wildman–Crippen LogP) is 1.64. The van der Waals surface area contributed by atoms with Crippen molar-refractivity contribution in [1.82, 2.24) is 15.5 Å². The maximum atomic E-state index is 11.3. The number of nitrogens with one attached hydrogen (secondary N) is 1. The molecule has 1 amide bonds. The summed E-state index contributed by atoms with van der Waals surface area (Å²) in [6.45, 7) is 3.46. The highest BCUT2D eigenvalue weighted by atomic mass is 16.5. The molecule has 1 aromatic carbocycles. The Bertz CT molecular complexity index is 634. The van der Waals surface area contributed by atoms with Crippen molar-refractivity contribution in [3.63, 3.8) is 0 Å². The summed E-state index contributed by atoms with van der Waals surface area (Å²) < 4.78 is 5.05. The summed E-state index contributed by atoms with van der Waals surface area (Å²) in [7, 11) is 0. The van der Waals surface area contributed by atoms with Crippen molar-refractivity contribution in [3.05, 3.63) is 35.7 Å². The Labute approximate surface area is 116 Å². The van der Waals surface area contributed by atoms with E-state index in [4.69, 9.17) is 4.52 Å². The van der Waals surface area contributed by atoms with Crippen LogP contribution >= 0.6 is 0 Å². The van der Waals surface area contributed by atoms with Crippen molar-refractivity contribution in [1.29, 1.82) is 0 Å². The van der Waals surface area contributed by atoms with E-state index in [-0.39, 0.29) is 24.7 Å². The average molecular weight is 273 g/mol. The van der Waals surface area contributed by atoms with Crippen LogP contribution in [0.15, 0.2) is 28.8 Å². The van der Waals surface area contributed by atoms with Crippen LogP contribution in [0.2, 0.25) is 0 Å². The Balaban J connectivity index is 1.99. The van der Waals surface area contributed by atoms with E-state index in [0.29, 0.717) is 11.7 Å². The molecule has 6 heteroatoms. The van der Waals surface area contributed by atoms with Gasteiger partial charge in [-0.25, -0.2) is 0 Å². The van der Waals surface area contributed by atoms with E-state index in [0.717, 1.165) is 11.1 Å². The van der Waals surface area contributed by atoms with Gasteiger partial charge in [-0.05, 0) is 19.9 Å². The van der Waals surface area contributed by atoms with Gasteiger partial charge in [0.2, 0.25) is 17.6 Å². The first-order valence-electron chi connectivity index (χ1n) is 6.20. The van der Waals surface area contributed by atoms with Crippen LogP contribution in [0.1, 0.15) is 24.8 Å². The smallest absolute Gasteiger partial charge is 0.246 e. The molecule has 0 unspecified atom stereocenters. The van der Waals surface area contributed by atoms with Gasteiger partial charge < -0.3 is 9.84 Å². The maximum absolute atomic E-state index is 11.3. The topological polar surface area (TPSA) is 85.1 Å². The molecule has 0 saturated carbocycles. The molecule has 20 heavy (non-hydrogen) atoms. The molecular weight excluding hydrogens is 258 g/mol. The number of carbonyl (C=O) groups is 2. The Hall–Kier alpha value is -2.50. The van der Waals surface area contributed by atoms with Gasteiger partial charge in [-0.1, -0.05) is 28.9 Å². The second-order valence-corrected chi connectivity index (χ2v) is 4.54. The number of carbonyl (C=O) groups excluding carboxylic acids is 2. The lowest BCUT2D eigenvalue weighted by Gasteiger charge is -1.98. The molecule has 0 aliphatic rings. The standard InChI is InChI=1S/C14H15N3O3/c1-9-4-3-5-11(6-9)14-16-13(20-17-14)8-15-12(19)7-10(2)18/h3-6H,7-8H2,1-2H3,(H,15,19). The van der Waals surface area contributed by atoms with Crippen LogP contribution in [0.25, 0.3) is 11.4 Å². The van der Waals surface area contributed by atoms with Crippen molar-refractivity contribution in [2.75, 3.05) is 0 Å². The van der Waals surface area contributed by atoms with E-state index in [1.807, 2.05) is 31.2 Å². The highest BCUT2D eigenvalue weighted by Gasteiger charge is 2.10. The summed E-state index contributed by atoms with van der Waals surface area (Å²) in [5, 5.41) is 6.41. The lowest BCUT2D eigenvalue weighted by molar-refractivity contribution is -0.127. The molecule has 0 aliphatic carbocycles. The Morgan fingerprint density at radius 2 is 2.15 bits per heavy atom. The van der Waals surface area contributed by atoms with Crippen molar-refractivity contribution >= 4 is 11.7 Å². The number of aromatic nitrogens is 2. The molecular formula is C14H15N3O3. The number of hydrogen-bond acceptors (Lipinski definition) is 5. The molecule has 0 aliphatic heterocycles. The van der Waals surface area contributed by atoms with E-state index in [1.165, 1.54) is 6.92 Å². The van der Waals surface area contributed by atoms with Crippen LogP contribution in [0.3, 0.4) is 0 Å². The number of ketones is 1. The molecule has 1 aromatic heterocycles. The van der Waals surface area contributed by atoms with E-state index >= 15 is 0 Å². The van der Waals surface area contributed by atoms with Gasteiger partial charge in [-0.15, -0.1) is 0 Å². The zero-order valence-electron chi connectivity index (χ0n) is 11.3. The zero-order valence-corrected chi connectivity index (χ0v) is 11.3. The van der Waals surface area contributed by atoms with Crippen LogP contribution < -0.4 is 5.32 Å². The van der Waals surface area contributed by atoms with E-state index in [1.54, 1.807) is 0 Å². The molecule has 0 spiro atoms. The minimum atomic E-state index is -0.354. The van der Waals surface area contributed by atoms with E-state index in [9.17, 15) is 9.59 Å². The van der Waals surface area contributed by atoms with E-state index < -0.39 is 0 Å². The van der Waals surface area contributed by atoms with Gasteiger partial charge >= 0.3 is 0 Å². The molecule has 0 fully saturated rings. The van der Waals surface area contributed by atoms with Crippen molar-refractivity contribution in [2.24, 2.45) is 0 Å². The molecule has 1 N–H and O–H groups in total. The minimum absolute atomic E-state index is 0.116. The summed E-state index contributed by atoms with van der Waals surface area (Å²) in [5.41, 5.74) is 1.96. The fourth-order valence-electron chi connectivity index (χ4n) is 1.69. The fourth-order valence-corrected chi connectivity index (χ4v) is 1.69. The molecule has 2 aromatic rings. The molecule has 0 radical (unpaired) electrons. The van der Waals surface area contributed by atoms with Crippen molar-refractivity contribution < 1.29 is 14.1 Å². The number of hydrogen-bond donors (Lipinski definition) is 1. The van der Waals surface area contributed by atoms with Gasteiger partial charge in [0.1, 0.15) is 5.78 Å². The largest absolute Gasteiger partial charge is 0.347 e. The first kappa shape index (κ1) is 13.9. The van der Waals surface area contributed by atoms with Gasteiger partial charge in [0.05, 0.1) is 13.0 Å². The fraction of sp³-hybridized carbons (Fsp3) is 0.286. The maximum Gasteiger partial charge on any atom is 0.246 e. The quantitative estimate of drug-likeness (QED) is 0.837. The predicted molar refractivity (Wildman–Crippen MR) is 71.6 cm³/mol. The molecule has 1 heterocycles. The summed E-state index contributed by atoms with van der Waals surface area (Å²) in [6.07, 6.45) is -0.140. The number of amides is 1. The zero-order chi connectivity index (χ0) is 14.5. The van der Waals surface area contributed by atoms with Gasteiger partial charge in [0.15, 0.2) is 0 Å². The van der Waals surface area contributed by atoms with Gasteiger partial charge in [-0.2, -0.15) is 4.98 Å². The summed E-state index contributed by atoms with van der Waals surface area (Å²) in [4.78, 5) is 26.3. The third-order valence-electron chi connectivity index (χ3n) is 2.59. The number of nitrogens with zero attached hydrogens (tertiary/aromatic N) is 2. The number of Topliss-reactive ketones (excluding diaryl/α,β-unsaturated/α-hetero) is 1. The Morgan fingerprint density at radius 3 is 2.85 bits per heavy atom. The second-order valence-electron chi connectivity index (χ2n) is 4.54. The third kappa shape index (κ3) is 3.74. The number of benzene rings is 1. The summed E-state index contributed by atoms with van der Waals surface area (Å²) in [6, 6.07) is 7.72. The number of aryl methyl sites for hydroxylation is 1.